The van der Waals surface area contributed by atoms with Gasteiger partial charge in [-0.15, -0.1) is 0 Å². The Balaban J connectivity index is 3.10. The highest BCUT2D eigenvalue weighted by Gasteiger charge is 2.42. The maximum atomic E-state index is 12.7. The van der Waals surface area contributed by atoms with Crippen LogP contribution in [0.2, 0.25) is 0 Å². The lowest BCUT2D eigenvalue weighted by Crippen LogP contribution is -2.34. The number of pyridine rings is 1. The molecule has 0 spiro atoms. The van der Waals surface area contributed by atoms with Crippen LogP contribution in [0.1, 0.15) is 5.56 Å². The molecular formula is C9H8F4N4O4. The van der Waals surface area contributed by atoms with Crippen molar-refractivity contribution < 1.29 is 32.4 Å². The van der Waals surface area contributed by atoms with Crippen LogP contribution in [0, 0.1) is 10.1 Å². The molecule has 12 heteroatoms. The number of nitrogens with zero attached hydrogens (tertiary/aromatic N) is 3. The lowest BCUT2D eigenvalue weighted by molar-refractivity contribution is -0.385. The normalized spacial score (nSPS) is 12.5. The Hall–Kier alpha value is -2.66. The molecule has 1 rings (SSSR count). The van der Waals surface area contributed by atoms with E-state index in [0.29, 0.717) is 6.20 Å². The third-order valence-corrected chi connectivity index (χ3v) is 2.15. The molecule has 0 aliphatic rings. The second-order valence-corrected chi connectivity index (χ2v) is 3.64. The Morgan fingerprint density at radius 1 is 1.62 bits per heavy atom. The second-order valence-electron chi connectivity index (χ2n) is 3.64. The van der Waals surface area contributed by atoms with Gasteiger partial charge in [0.1, 0.15) is 6.20 Å². The summed E-state index contributed by atoms with van der Waals surface area (Å²) in [6.45, 7) is -1.73. The molecule has 0 saturated carbocycles. The molecule has 8 nitrogen and oxygen atoms in total. The summed E-state index contributed by atoms with van der Waals surface area (Å²) in [6, 6.07) is 0.734. The highest BCUT2D eigenvalue weighted by molar-refractivity contribution is 5.99. The number of ether oxygens (including phenoxy) is 1. The number of oxime groups is 1. The number of rotatable bonds is 6. The molecule has 1 aromatic rings. The highest BCUT2D eigenvalue weighted by atomic mass is 19.3. The van der Waals surface area contributed by atoms with Crippen molar-refractivity contribution in [1.29, 1.82) is 0 Å². The molecule has 0 radical (unpaired) electrons. The molecule has 0 atom stereocenters. The number of hydrogen-bond acceptors (Lipinski definition) is 6. The summed E-state index contributed by atoms with van der Waals surface area (Å²) in [5, 5.41) is 21.6. The number of aromatic nitrogens is 1. The maximum Gasteiger partial charge on any atom is 0.340 e. The smallest absolute Gasteiger partial charge is 0.340 e. The van der Waals surface area contributed by atoms with Gasteiger partial charge >= 0.3 is 12.3 Å². The van der Waals surface area contributed by atoms with Gasteiger partial charge in [0.05, 0.1) is 10.5 Å². The predicted molar refractivity (Wildman–Crippen MR) is 59.8 cm³/mol. The Bertz CT molecular complexity index is 567. The van der Waals surface area contributed by atoms with Gasteiger partial charge in [-0.1, -0.05) is 5.16 Å². The quantitative estimate of drug-likeness (QED) is 0.204. The lowest BCUT2D eigenvalue weighted by Gasteiger charge is -2.16. The minimum absolute atomic E-state index is 0.489. The molecule has 0 amide bonds. The van der Waals surface area contributed by atoms with Gasteiger partial charge in [0, 0.05) is 6.07 Å². The summed E-state index contributed by atoms with van der Waals surface area (Å²) in [6.07, 6.45) is -3.33. The summed E-state index contributed by atoms with van der Waals surface area (Å²) < 4.78 is 53.8. The van der Waals surface area contributed by atoms with E-state index in [1.807, 2.05) is 0 Å². The topological polar surface area (TPSA) is 124 Å². The average molecular weight is 312 g/mol. The van der Waals surface area contributed by atoms with Crippen LogP contribution in [-0.2, 0) is 0 Å². The van der Waals surface area contributed by atoms with Crippen molar-refractivity contribution in [2.24, 2.45) is 10.9 Å². The van der Waals surface area contributed by atoms with Crippen LogP contribution in [0.15, 0.2) is 17.4 Å². The molecule has 1 aromatic heterocycles. The fourth-order valence-electron chi connectivity index (χ4n) is 1.12. The third-order valence-electron chi connectivity index (χ3n) is 2.15. The molecular weight excluding hydrogens is 304 g/mol. The molecule has 21 heavy (non-hydrogen) atoms. The van der Waals surface area contributed by atoms with E-state index in [1.54, 1.807) is 0 Å². The van der Waals surface area contributed by atoms with Gasteiger partial charge in [-0.3, -0.25) is 10.1 Å². The summed E-state index contributed by atoms with van der Waals surface area (Å²) in [5.74, 6) is -5.89. The van der Waals surface area contributed by atoms with Crippen LogP contribution in [0.3, 0.4) is 0 Å². The van der Waals surface area contributed by atoms with Crippen molar-refractivity contribution in [2.45, 2.75) is 12.3 Å². The van der Waals surface area contributed by atoms with Crippen molar-refractivity contribution in [3.8, 4) is 5.88 Å². The molecule has 0 aromatic carbocycles. The van der Waals surface area contributed by atoms with Crippen molar-refractivity contribution >= 4 is 11.5 Å². The summed E-state index contributed by atoms with van der Waals surface area (Å²) >= 11 is 0. The Kier molecular flexibility index (Phi) is 4.84. The van der Waals surface area contributed by atoms with Gasteiger partial charge in [-0.25, -0.2) is 13.8 Å². The third kappa shape index (κ3) is 3.90. The van der Waals surface area contributed by atoms with Crippen molar-refractivity contribution in [2.75, 3.05) is 6.61 Å². The highest BCUT2D eigenvalue weighted by Crippen LogP contribution is 2.26. The SMILES string of the molecule is NC(=NO)c1cc([N+](=O)[O-])cnc1OCC(F)(F)C(F)F. The zero-order chi connectivity index (χ0) is 16.2. The molecule has 3 N–H and O–H groups in total. The Labute approximate surface area is 114 Å². The van der Waals surface area contributed by atoms with Crippen LogP contribution in [0.5, 0.6) is 5.88 Å². The van der Waals surface area contributed by atoms with Crippen LogP contribution in [0.4, 0.5) is 23.2 Å². The van der Waals surface area contributed by atoms with E-state index in [9.17, 15) is 27.7 Å². The summed E-state index contributed by atoms with van der Waals surface area (Å²) in [5.41, 5.74) is 4.10. The largest absolute Gasteiger partial charge is 0.470 e. The molecule has 0 aliphatic heterocycles. The molecule has 1 heterocycles. The van der Waals surface area contributed by atoms with Crippen LogP contribution < -0.4 is 10.5 Å². The molecule has 0 aliphatic carbocycles. The fraction of sp³-hybridized carbons (Fsp3) is 0.333. The van der Waals surface area contributed by atoms with Crippen molar-refractivity contribution in [3.63, 3.8) is 0 Å². The van der Waals surface area contributed by atoms with E-state index in [2.05, 4.69) is 14.9 Å². The van der Waals surface area contributed by atoms with E-state index < -0.39 is 46.8 Å². The molecule has 0 bridgehead atoms. The van der Waals surface area contributed by atoms with Crippen LogP contribution in [-0.4, -0.2) is 39.9 Å². The van der Waals surface area contributed by atoms with E-state index in [4.69, 9.17) is 10.9 Å². The van der Waals surface area contributed by atoms with Gasteiger partial charge in [0.15, 0.2) is 12.4 Å². The van der Waals surface area contributed by atoms with E-state index in [-0.39, 0.29) is 0 Å². The van der Waals surface area contributed by atoms with Crippen molar-refractivity contribution in [1.82, 2.24) is 4.98 Å². The van der Waals surface area contributed by atoms with E-state index >= 15 is 0 Å². The first-order valence-electron chi connectivity index (χ1n) is 5.10. The molecule has 116 valence electrons. The van der Waals surface area contributed by atoms with Gasteiger partial charge in [0.2, 0.25) is 5.88 Å². The molecule has 0 fully saturated rings. The minimum Gasteiger partial charge on any atom is -0.470 e. The number of alkyl halides is 4. The van der Waals surface area contributed by atoms with Crippen molar-refractivity contribution in [3.05, 3.63) is 27.9 Å². The van der Waals surface area contributed by atoms with Crippen LogP contribution in [0.25, 0.3) is 0 Å². The van der Waals surface area contributed by atoms with Gasteiger partial charge in [-0.05, 0) is 0 Å². The number of hydrogen-bond donors (Lipinski definition) is 2. The first-order valence-corrected chi connectivity index (χ1v) is 5.10. The zero-order valence-electron chi connectivity index (χ0n) is 10.0. The Morgan fingerprint density at radius 2 is 2.24 bits per heavy atom. The van der Waals surface area contributed by atoms with E-state index in [0.717, 1.165) is 6.07 Å². The number of nitro groups is 1. The standard InChI is InChI=1S/C9H8F4N4O4/c10-8(11)9(12,13)3-21-7-5(6(14)16-18)1-4(2-15-7)17(19)20/h1-2,8,18H,3H2,(H2,14,16). The maximum absolute atomic E-state index is 12.7. The monoisotopic (exact) mass is 312 g/mol. The number of amidine groups is 1. The average Bonchev–Trinajstić information content (AvgIpc) is 2.43. The first kappa shape index (κ1) is 16.4. The summed E-state index contributed by atoms with van der Waals surface area (Å²) in [4.78, 5) is 13.0. The van der Waals surface area contributed by atoms with Gasteiger partial charge < -0.3 is 15.7 Å². The number of nitrogens with two attached hydrogens (primary N) is 1. The number of halogens is 4. The fourth-order valence-corrected chi connectivity index (χ4v) is 1.12. The molecule has 0 saturated heterocycles. The molecule has 0 unspecified atom stereocenters. The van der Waals surface area contributed by atoms with Gasteiger partial charge in [0.25, 0.3) is 5.69 Å². The summed E-state index contributed by atoms with van der Waals surface area (Å²) in [7, 11) is 0. The van der Waals surface area contributed by atoms with Crippen LogP contribution >= 0.6 is 0 Å². The zero-order valence-corrected chi connectivity index (χ0v) is 10.0. The lowest BCUT2D eigenvalue weighted by atomic mass is 10.2. The Morgan fingerprint density at radius 3 is 2.71 bits per heavy atom. The first-order chi connectivity index (χ1) is 9.69. The van der Waals surface area contributed by atoms with E-state index in [1.165, 1.54) is 0 Å². The minimum atomic E-state index is -4.45. The predicted octanol–water partition coefficient (Wildman–Crippen LogP) is 1.36. The van der Waals surface area contributed by atoms with Gasteiger partial charge in [-0.2, -0.15) is 8.78 Å². The second kappa shape index (κ2) is 6.19.